The molecule has 3 nitrogen and oxygen atoms in total. The molecule has 0 unspecified atom stereocenters. The van der Waals surface area contributed by atoms with Crippen LogP contribution in [0, 0.1) is 0 Å². The Kier molecular flexibility index (Phi) is 3.21. The maximum atomic E-state index is 6.16. The Morgan fingerprint density at radius 1 is 1.21 bits per heavy atom. The summed E-state index contributed by atoms with van der Waals surface area (Å²) in [5.74, 6) is 0.663. The summed E-state index contributed by atoms with van der Waals surface area (Å²) < 4.78 is 8.17. The van der Waals surface area contributed by atoms with Crippen molar-refractivity contribution in [2.24, 2.45) is 0 Å². The summed E-state index contributed by atoms with van der Waals surface area (Å²) in [6.07, 6.45) is 1.79. The lowest BCUT2D eigenvalue weighted by Crippen LogP contribution is -1.93. The Bertz CT molecular complexity index is 754. The van der Waals surface area contributed by atoms with Crippen molar-refractivity contribution < 1.29 is 4.74 Å². The summed E-state index contributed by atoms with van der Waals surface area (Å²) in [5.41, 5.74) is 2.91. The molecule has 0 N–H and O–H groups in total. The molecule has 0 aliphatic rings. The molecule has 0 saturated carbocycles. The summed E-state index contributed by atoms with van der Waals surface area (Å²) in [4.78, 5) is 4.38. The van der Waals surface area contributed by atoms with Crippen molar-refractivity contribution in [3.8, 4) is 11.4 Å². The molecule has 0 radical (unpaired) electrons. The number of hydrogen-bond donors (Lipinski definition) is 0. The van der Waals surface area contributed by atoms with E-state index in [0.29, 0.717) is 10.8 Å². The fraction of sp³-hybridized carbons (Fsp3) is 0.0714. The largest absolute Gasteiger partial charge is 0.495 e. The van der Waals surface area contributed by atoms with Gasteiger partial charge in [-0.15, -0.1) is 0 Å². The minimum Gasteiger partial charge on any atom is -0.495 e. The second kappa shape index (κ2) is 4.87. The van der Waals surface area contributed by atoms with Crippen molar-refractivity contribution in [1.82, 2.24) is 9.55 Å². The molecule has 0 aliphatic heterocycles. The van der Waals surface area contributed by atoms with E-state index < -0.39 is 0 Å². The van der Waals surface area contributed by atoms with Crippen LogP contribution in [0.3, 0.4) is 0 Å². The van der Waals surface area contributed by atoms with Crippen molar-refractivity contribution >= 4 is 38.6 Å². The van der Waals surface area contributed by atoms with Gasteiger partial charge in [0, 0.05) is 10.2 Å². The second-order valence-corrected chi connectivity index (χ2v) is 5.39. The monoisotopic (exact) mass is 336 g/mol. The van der Waals surface area contributed by atoms with Gasteiger partial charge in [-0.2, -0.15) is 0 Å². The zero-order valence-corrected chi connectivity index (χ0v) is 12.4. The third kappa shape index (κ3) is 2.22. The lowest BCUT2D eigenvalue weighted by molar-refractivity contribution is 0.415. The predicted molar refractivity (Wildman–Crippen MR) is 80.3 cm³/mol. The molecule has 0 aliphatic carbocycles. The molecule has 0 bridgehead atoms. The smallest absolute Gasteiger partial charge is 0.137 e. The molecule has 96 valence electrons. The maximum Gasteiger partial charge on any atom is 0.137 e. The van der Waals surface area contributed by atoms with E-state index in [1.807, 2.05) is 41.0 Å². The molecule has 1 aromatic heterocycles. The maximum absolute atomic E-state index is 6.16. The Balaban J connectivity index is 2.18. The molecule has 3 aromatic rings. The molecule has 3 rings (SSSR count). The molecule has 0 saturated heterocycles. The summed E-state index contributed by atoms with van der Waals surface area (Å²) in [7, 11) is 1.60. The number of imidazole rings is 1. The van der Waals surface area contributed by atoms with Gasteiger partial charge in [-0.25, -0.2) is 4.98 Å². The van der Waals surface area contributed by atoms with Crippen LogP contribution in [0.5, 0.6) is 5.75 Å². The number of hydrogen-bond acceptors (Lipinski definition) is 2. The summed E-state index contributed by atoms with van der Waals surface area (Å²) in [6, 6.07) is 11.6. The molecular weight excluding hydrogens is 328 g/mol. The summed E-state index contributed by atoms with van der Waals surface area (Å²) in [5, 5.41) is 0.580. The highest BCUT2D eigenvalue weighted by molar-refractivity contribution is 9.10. The van der Waals surface area contributed by atoms with Crippen LogP contribution < -0.4 is 4.74 Å². The van der Waals surface area contributed by atoms with E-state index in [0.717, 1.165) is 21.2 Å². The van der Waals surface area contributed by atoms with E-state index >= 15 is 0 Å². The minimum atomic E-state index is 0.580. The Morgan fingerprint density at radius 2 is 2.05 bits per heavy atom. The lowest BCUT2D eigenvalue weighted by atomic mass is 10.2. The van der Waals surface area contributed by atoms with E-state index in [2.05, 4.69) is 20.9 Å². The SMILES string of the molecule is COc1ccc(-n2cnc3ccc(Br)cc32)cc1Cl. The van der Waals surface area contributed by atoms with Gasteiger partial charge in [0.25, 0.3) is 0 Å². The van der Waals surface area contributed by atoms with Gasteiger partial charge in [0.2, 0.25) is 0 Å². The number of fused-ring (bicyclic) bond motifs is 1. The zero-order valence-electron chi connectivity index (χ0n) is 10.1. The van der Waals surface area contributed by atoms with Gasteiger partial charge in [0.15, 0.2) is 0 Å². The first kappa shape index (κ1) is 12.5. The number of benzene rings is 2. The van der Waals surface area contributed by atoms with E-state index in [1.54, 1.807) is 13.4 Å². The Morgan fingerprint density at radius 3 is 2.79 bits per heavy atom. The molecule has 0 amide bonds. The average Bonchev–Trinajstić information content (AvgIpc) is 2.81. The standard InChI is InChI=1S/C14H10BrClN2O/c1-19-14-5-3-10(7-11(14)16)18-8-17-12-4-2-9(15)6-13(12)18/h2-8H,1H3. The normalized spacial score (nSPS) is 10.9. The van der Waals surface area contributed by atoms with Crippen LogP contribution in [-0.2, 0) is 0 Å². The third-order valence-corrected chi connectivity index (χ3v) is 3.71. The number of rotatable bonds is 2. The molecule has 0 fully saturated rings. The van der Waals surface area contributed by atoms with Gasteiger partial charge in [0.05, 0.1) is 23.2 Å². The first-order valence-corrected chi connectivity index (χ1v) is 6.82. The molecular formula is C14H10BrClN2O. The molecule has 2 aromatic carbocycles. The van der Waals surface area contributed by atoms with Crippen LogP contribution in [0.1, 0.15) is 0 Å². The Hall–Kier alpha value is -1.52. The molecule has 0 spiro atoms. The number of ether oxygens (including phenoxy) is 1. The topological polar surface area (TPSA) is 27.1 Å². The van der Waals surface area contributed by atoms with E-state index in [-0.39, 0.29) is 0 Å². The van der Waals surface area contributed by atoms with Gasteiger partial charge in [-0.05, 0) is 36.4 Å². The lowest BCUT2D eigenvalue weighted by Gasteiger charge is -2.08. The molecule has 5 heteroatoms. The molecule has 1 heterocycles. The van der Waals surface area contributed by atoms with Crippen molar-refractivity contribution in [3.05, 3.63) is 52.2 Å². The first-order chi connectivity index (χ1) is 9.19. The quantitative estimate of drug-likeness (QED) is 0.691. The molecule has 0 atom stereocenters. The van der Waals surface area contributed by atoms with Crippen LogP contribution in [0.4, 0.5) is 0 Å². The van der Waals surface area contributed by atoms with Crippen molar-refractivity contribution in [3.63, 3.8) is 0 Å². The minimum absolute atomic E-state index is 0.580. The van der Waals surface area contributed by atoms with Crippen LogP contribution in [0.25, 0.3) is 16.7 Å². The Labute approximate surface area is 123 Å². The highest BCUT2D eigenvalue weighted by Crippen LogP contribution is 2.28. The number of methoxy groups -OCH3 is 1. The number of nitrogens with zero attached hydrogens (tertiary/aromatic N) is 2. The highest BCUT2D eigenvalue weighted by Gasteiger charge is 2.07. The fourth-order valence-corrected chi connectivity index (χ4v) is 2.59. The van der Waals surface area contributed by atoms with Crippen molar-refractivity contribution in [1.29, 1.82) is 0 Å². The third-order valence-electron chi connectivity index (χ3n) is 2.92. The van der Waals surface area contributed by atoms with Crippen LogP contribution in [-0.4, -0.2) is 16.7 Å². The summed E-state index contributed by atoms with van der Waals surface area (Å²) in [6.45, 7) is 0. The van der Waals surface area contributed by atoms with Gasteiger partial charge < -0.3 is 4.74 Å². The van der Waals surface area contributed by atoms with Crippen molar-refractivity contribution in [2.45, 2.75) is 0 Å². The fourth-order valence-electron chi connectivity index (χ4n) is 1.99. The molecule has 19 heavy (non-hydrogen) atoms. The van der Waals surface area contributed by atoms with E-state index in [9.17, 15) is 0 Å². The van der Waals surface area contributed by atoms with Gasteiger partial charge >= 0.3 is 0 Å². The van der Waals surface area contributed by atoms with E-state index in [1.165, 1.54) is 0 Å². The first-order valence-electron chi connectivity index (χ1n) is 5.65. The predicted octanol–water partition coefficient (Wildman–Crippen LogP) is 4.45. The van der Waals surface area contributed by atoms with Gasteiger partial charge in [-0.3, -0.25) is 4.57 Å². The van der Waals surface area contributed by atoms with E-state index in [4.69, 9.17) is 16.3 Å². The zero-order chi connectivity index (χ0) is 13.4. The van der Waals surface area contributed by atoms with Crippen LogP contribution in [0.15, 0.2) is 47.2 Å². The second-order valence-electron chi connectivity index (χ2n) is 4.07. The van der Waals surface area contributed by atoms with Crippen LogP contribution in [0.2, 0.25) is 5.02 Å². The van der Waals surface area contributed by atoms with Gasteiger partial charge in [-0.1, -0.05) is 27.5 Å². The number of halogens is 2. The average molecular weight is 338 g/mol. The summed E-state index contributed by atoms with van der Waals surface area (Å²) >= 11 is 9.63. The van der Waals surface area contributed by atoms with Crippen LogP contribution >= 0.6 is 27.5 Å². The number of aromatic nitrogens is 2. The van der Waals surface area contributed by atoms with Gasteiger partial charge in [0.1, 0.15) is 12.1 Å². The van der Waals surface area contributed by atoms with Crippen molar-refractivity contribution in [2.75, 3.05) is 7.11 Å². The highest BCUT2D eigenvalue weighted by atomic mass is 79.9.